The number of halogens is 4. The summed E-state index contributed by atoms with van der Waals surface area (Å²) < 4.78 is 51.5. The van der Waals surface area contributed by atoms with Crippen LogP contribution in [0.15, 0.2) is 33.9 Å². The molecule has 0 aliphatic heterocycles. The lowest BCUT2D eigenvalue weighted by Crippen LogP contribution is -2.45. The summed E-state index contributed by atoms with van der Waals surface area (Å²) in [7, 11) is 0. The Bertz CT molecular complexity index is 905. The number of hydrogen-bond acceptors (Lipinski definition) is 4. The van der Waals surface area contributed by atoms with Crippen molar-refractivity contribution in [1.82, 2.24) is 9.24 Å². The number of nitrogens with zero attached hydrogens (tertiary/aromatic N) is 3. The monoisotopic (exact) mass is 314 g/mol. The third kappa shape index (κ3) is 2.44. The Balaban J connectivity index is 2.80. The molecule has 10 heteroatoms. The average Bonchev–Trinajstić information content (AvgIpc) is 2.43. The van der Waals surface area contributed by atoms with Crippen LogP contribution < -0.4 is 17.1 Å². The van der Waals surface area contributed by atoms with Gasteiger partial charge in [0, 0.05) is 6.07 Å². The van der Waals surface area contributed by atoms with Gasteiger partial charge in [-0.1, -0.05) is 0 Å². The molecule has 0 fully saturated rings. The summed E-state index contributed by atoms with van der Waals surface area (Å²) in [4.78, 5) is 23.6. The molecule has 6 nitrogen and oxygen atoms in total. The highest BCUT2D eigenvalue weighted by Gasteiger charge is 2.35. The largest absolute Gasteiger partial charge is 0.433 e. The molecule has 2 N–H and O–H groups in total. The molecule has 0 atom stereocenters. The maximum absolute atomic E-state index is 13.8. The van der Waals surface area contributed by atoms with Crippen LogP contribution in [0.25, 0.3) is 5.69 Å². The molecule has 0 spiro atoms. The van der Waals surface area contributed by atoms with E-state index in [2.05, 4.69) is 0 Å². The number of aromatic nitrogens is 2. The van der Waals surface area contributed by atoms with Crippen molar-refractivity contribution in [3.63, 3.8) is 0 Å². The van der Waals surface area contributed by atoms with E-state index in [-0.39, 0.29) is 20.9 Å². The van der Waals surface area contributed by atoms with Gasteiger partial charge in [-0.25, -0.2) is 18.4 Å². The summed E-state index contributed by atoms with van der Waals surface area (Å²) in [5, 5.41) is 8.61. The van der Waals surface area contributed by atoms with Crippen LogP contribution in [-0.4, -0.2) is 9.24 Å². The van der Waals surface area contributed by atoms with Crippen molar-refractivity contribution in [2.75, 3.05) is 5.84 Å². The molecular formula is C12H6F4N4O2. The van der Waals surface area contributed by atoms with E-state index >= 15 is 0 Å². The fourth-order valence-corrected chi connectivity index (χ4v) is 1.75. The lowest BCUT2D eigenvalue weighted by molar-refractivity contribution is -0.143. The van der Waals surface area contributed by atoms with Crippen LogP contribution in [0.4, 0.5) is 17.6 Å². The van der Waals surface area contributed by atoms with Crippen LogP contribution in [0.1, 0.15) is 11.3 Å². The first-order valence-electron chi connectivity index (χ1n) is 5.58. The minimum atomic E-state index is -5.02. The Kier molecular flexibility index (Phi) is 3.50. The highest BCUT2D eigenvalue weighted by Crippen LogP contribution is 2.26. The van der Waals surface area contributed by atoms with Gasteiger partial charge < -0.3 is 5.84 Å². The van der Waals surface area contributed by atoms with Gasteiger partial charge in [-0.3, -0.25) is 4.79 Å². The first-order chi connectivity index (χ1) is 10.2. The lowest BCUT2D eigenvalue weighted by Gasteiger charge is -2.13. The first-order valence-corrected chi connectivity index (χ1v) is 5.58. The standard InChI is InChI=1S/C12H6F4N4O2/c13-7-3-6(5-17)1-2-8(7)19-10(21)4-9(12(14,15)16)20(18)11(19)22/h1-4H,18H2. The van der Waals surface area contributed by atoms with Crippen molar-refractivity contribution >= 4 is 0 Å². The van der Waals surface area contributed by atoms with Gasteiger partial charge in [0.2, 0.25) is 0 Å². The highest BCUT2D eigenvalue weighted by molar-refractivity contribution is 5.41. The van der Waals surface area contributed by atoms with Crippen molar-refractivity contribution in [3.05, 3.63) is 62.2 Å². The molecule has 0 saturated heterocycles. The summed E-state index contributed by atoms with van der Waals surface area (Å²) in [6.07, 6.45) is -5.02. The molecule has 22 heavy (non-hydrogen) atoms. The van der Waals surface area contributed by atoms with Gasteiger partial charge in [0.25, 0.3) is 5.56 Å². The predicted octanol–water partition coefficient (Wildman–Crippen LogP) is 0.743. The minimum Gasteiger partial charge on any atom is -0.335 e. The molecule has 0 aliphatic rings. The third-order valence-corrected chi connectivity index (χ3v) is 2.75. The summed E-state index contributed by atoms with van der Waals surface area (Å²) in [5.41, 5.74) is -5.32. The van der Waals surface area contributed by atoms with Crippen molar-refractivity contribution in [2.24, 2.45) is 0 Å². The van der Waals surface area contributed by atoms with Crippen molar-refractivity contribution < 1.29 is 17.6 Å². The SMILES string of the molecule is N#Cc1ccc(-n2c(=O)cc(C(F)(F)F)n(N)c2=O)c(F)c1. The molecule has 0 aliphatic carbocycles. The van der Waals surface area contributed by atoms with Gasteiger partial charge in [-0.05, 0) is 18.2 Å². The zero-order valence-electron chi connectivity index (χ0n) is 10.6. The van der Waals surface area contributed by atoms with Crippen LogP contribution in [0.3, 0.4) is 0 Å². The zero-order chi connectivity index (χ0) is 16.7. The molecule has 2 aromatic rings. The van der Waals surface area contributed by atoms with Gasteiger partial charge in [-0.2, -0.15) is 18.4 Å². The number of hydrogen-bond donors (Lipinski definition) is 1. The summed E-state index contributed by atoms with van der Waals surface area (Å²) >= 11 is 0. The molecule has 1 aromatic carbocycles. The molecule has 0 saturated carbocycles. The summed E-state index contributed by atoms with van der Waals surface area (Å²) in [6, 6.07) is 4.47. The minimum absolute atomic E-state index is 0.0824. The maximum atomic E-state index is 13.8. The Labute approximate surface area is 119 Å². The van der Waals surface area contributed by atoms with Crippen LogP contribution in [0, 0.1) is 17.1 Å². The van der Waals surface area contributed by atoms with Crippen LogP contribution in [0.5, 0.6) is 0 Å². The molecule has 1 heterocycles. The molecular weight excluding hydrogens is 308 g/mol. The Hall–Kier alpha value is -3.09. The van der Waals surface area contributed by atoms with E-state index in [1.807, 2.05) is 0 Å². The van der Waals surface area contributed by atoms with Crippen molar-refractivity contribution in [1.29, 1.82) is 5.26 Å². The second-order valence-corrected chi connectivity index (χ2v) is 4.13. The molecule has 2 rings (SSSR count). The van der Waals surface area contributed by atoms with E-state index in [0.29, 0.717) is 0 Å². The van der Waals surface area contributed by atoms with Crippen molar-refractivity contribution in [3.8, 4) is 11.8 Å². The number of nitriles is 1. The van der Waals surface area contributed by atoms with Gasteiger partial charge in [-0.15, -0.1) is 0 Å². The van der Waals surface area contributed by atoms with Crippen LogP contribution >= 0.6 is 0 Å². The lowest BCUT2D eigenvalue weighted by atomic mass is 10.2. The number of nitrogens with two attached hydrogens (primary N) is 1. The summed E-state index contributed by atoms with van der Waals surface area (Å²) in [5.74, 6) is 3.90. The van der Waals surface area contributed by atoms with E-state index in [4.69, 9.17) is 11.1 Å². The Morgan fingerprint density at radius 1 is 1.18 bits per heavy atom. The van der Waals surface area contributed by atoms with Crippen molar-refractivity contribution in [2.45, 2.75) is 6.18 Å². The Morgan fingerprint density at radius 2 is 1.82 bits per heavy atom. The smallest absolute Gasteiger partial charge is 0.335 e. The fraction of sp³-hybridized carbons (Fsp3) is 0.0833. The van der Waals surface area contributed by atoms with Gasteiger partial charge >= 0.3 is 11.9 Å². The van der Waals surface area contributed by atoms with E-state index in [1.54, 1.807) is 6.07 Å². The van der Waals surface area contributed by atoms with E-state index in [9.17, 15) is 27.2 Å². The average molecular weight is 314 g/mol. The molecule has 0 unspecified atom stereocenters. The molecule has 0 amide bonds. The number of nitrogen functional groups attached to an aromatic ring is 1. The quantitative estimate of drug-likeness (QED) is 0.620. The molecule has 0 radical (unpaired) electrons. The van der Waals surface area contributed by atoms with E-state index in [1.165, 1.54) is 0 Å². The second-order valence-electron chi connectivity index (χ2n) is 4.13. The number of benzene rings is 1. The van der Waals surface area contributed by atoms with Crippen LogP contribution in [0.2, 0.25) is 0 Å². The van der Waals surface area contributed by atoms with E-state index < -0.39 is 34.6 Å². The van der Waals surface area contributed by atoms with E-state index in [0.717, 1.165) is 18.2 Å². The van der Waals surface area contributed by atoms with Gasteiger partial charge in [0.05, 0.1) is 17.3 Å². The zero-order valence-corrected chi connectivity index (χ0v) is 10.6. The third-order valence-electron chi connectivity index (χ3n) is 2.75. The molecule has 0 bridgehead atoms. The maximum Gasteiger partial charge on any atom is 0.433 e. The highest BCUT2D eigenvalue weighted by atomic mass is 19.4. The normalized spacial score (nSPS) is 11.2. The predicted molar refractivity (Wildman–Crippen MR) is 66.1 cm³/mol. The number of rotatable bonds is 1. The fourth-order valence-electron chi connectivity index (χ4n) is 1.75. The van der Waals surface area contributed by atoms with Gasteiger partial charge in [0.15, 0.2) is 5.69 Å². The topological polar surface area (TPSA) is 93.8 Å². The summed E-state index contributed by atoms with van der Waals surface area (Å²) in [6.45, 7) is 0. The van der Waals surface area contributed by atoms with Gasteiger partial charge in [0.1, 0.15) is 5.82 Å². The molecule has 114 valence electrons. The molecule has 1 aromatic heterocycles. The second kappa shape index (κ2) is 5.03. The number of alkyl halides is 3. The first kappa shape index (κ1) is 15.3. The van der Waals surface area contributed by atoms with Crippen LogP contribution in [-0.2, 0) is 6.18 Å². The Morgan fingerprint density at radius 3 is 2.32 bits per heavy atom.